The van der Waals surface area contributed by atoms with Crippen molar-refractivity contribution in [2.75, 3.05) is 11.9 Å². The number of amides is 1. The van der Waals surface area contributed by atoms with E-state index in [4.69, 9.17) is 15.2 Å². The molecule has 0 radical (unpaired) electrons. The van der Waals surface area contributed by atoms with E-state index in [9.17, 15) is 4.79 Å². The maximum absolute atomic E-state index is 11.1. The summed E-state index contributed by atoms with van der Waals surface area (Å²) in [6.45, 7) is 0.967. The number of benzene rings is 1. The highest BCUT2D eigenvalue weighted by Gasteiger charge is 2.28. The molecule has 126 valence electrons. The van der Waals surface area contributed by atoms with Crippen LogP contribution in [0.4, 0.5) is 5.95 Å². The van der Waals surface area contributed by atoms with Crippen LogP contribution in [0.25, 0.3) is 0 Å². The summed E-state index contributed by atoms with van der Waals surface area (Å²) in [6.07, 6.45) is 2.52. The zero-order valence-corrected chi connectivity index (χ0v) is 13.2. The predicted octanol–water partition coefficient (Wildman–Crippen LogP) is 1.50. The van der Waals surface area contributed by atoms with Gasteiger partial charge in [-0.05, 0) is 18.4 Å². The van der Waals surface area contributed by atoms with Gasteiger partial charge in [0.15, 0.2) is 0 Å². The minimum Gasteiger partial charge on any atom is -0.473 e. The van der Waals surface area contributed by atoms with Crippen LogP contribution >= 0.6 is 0 Å². The van der Waals surface area contributed by atoms with Crippen molar-refractivity contribution in [2.24, 2.45) is 5.73 Å². The normalized spacial score (nSPS) is 19.8. The number of ether oxygens (including phenoxy) is 2. The number of carbonyl (C=O) groups is 1. The standard InChI is InChI=1S/C17H20N4O3/c18-16(22)14-7-6-13(24-14)10-20-17-19-9-8-15(21-17)23-11-12-4-2-1-3-5-12/h1-5,8-9,13-14H,6-7,10-11H2,(H2,18,22)(H,19,20,21)/t13-,14+/m1/s1. The lowest BCUT2D eigenvalue weighted by Gasteiger charge is -2.13. The van der Waals surface area contributed by atoms with Crippen molar-refractivity contribution < 1.29 is 14.3 Å². The van der Waals surface area contributed by atoms with Crippen LogP contribution in [0.15, 0.2) is 42.6 Å². The van der Waals surface area contributed by atoms with Gasteiger partial charge in [0.1, 0.15) is 12.7 Å². The molecule has 7 nitrogen and oxygen atoms in total. The molecule has 2 aromatic rings. The van der Waals surface area contributed by atoms with Gasteiger partial charge in [-0.15, -0.1) is 0 Å². The second-order valence-corrected chi connectivity index (χ2v) is 5.60. The van der Waals surface area contributed by atoms with Crippen molar-refractivity contribution in [3.05, 3.63) is 48.2 Å². The molecule has 2 atom stereocenters. The van der Waals surface area contributed by atoms with Crippen LogP contribution in [0.2, 0.25) is 0 Å². The highest BCUT2D eigenvalue weighted by Crippen LogP contribution is 2.20. The van der Waals surface area contributed by atoms with Crippen molar-refractivity contribution in [3.63, 3.8) is 0 Å². The first kappa shape index (κ1) is 16.2. The van der Waals surface area contributed by atoms with Gasteiger partial charge in [-0.1, -0.05) is 30.3 Å². The summed E-state index contributed by atoms with van der Waals surface area (Å²) in [5.41, 5.74) is 6.31. The Balaban J connectivity index is 1.49. The summed E-state index contributed by atoms with van der Waals surface area (Å²) in [4.78, 5) is 19.6. The highest BCUT2D eigenvalue weighted by atomic mass is 16.5. The number of nitrogens with two attached hydrogens (primary N) is 1. The first-order valence-corrected chi connectivity index (χ1v) is 7.89. The Labute approximate surface area is 140 Å². The van der Waals surface area contributed by atoms with Crippen molar-refractivity contribution in [1.82, 2.24) is 9.97 Å². The molecule has 24 heavy (non-hydrogen) atoms. The van der Waals surface area contributed by atoms with Crippen LogP contribution in [-0.4, -0.2) is 34.6 Å². The van der Waals surface area contributed by atoms with Gasteiger partial charge in [0, 0.05) is 18.8 Å². The summed E-state index contributed by atoms with van der Waals surface area (Å²) >= 11 is 0. The van der Waals surface area contributed by atoms with E-state index in [0.717, 1.165) is 12.0 Å². The average Bonchev–Trinajstić information content (AvgIpc) is 3.09. The van der Waals surface area contributed by atoms with Crippen LogP contribution in [0.3, 0.4) is 0 Å². The molecule has 2 heterocycles. The molecule has 1 aliphatic heterocycles. The Kier molecular flexibility index (Phi) is 5.22. The Bertz CT molecular complexity index is 681. The SMILES string of the molecule is NC(=O)[C@@H]1CC[C@H](CNc2nccc(OCc3ccccc3)n2)O1. The van der Waals surface area contributed by atoms with Crippen LogP contribution < -0.4 is 15.8 Å². The Hall–Kier alpha value is -2.67. The molecule has 1 fully saturated rings. The van der Waals surface area contributed by atoms with Crippen molar-refractivity contribution in [3.8, 4) is 5.88 Å². The molecule has 1 aliphatic rings. The second-order valence-electron chi connectivity index (χ2n) is 5.60. The van der Waals surface area contributed by atoms with Gasteiger partial charge in [0.25, 0.3) is 0 Å². The number of aromatic nitrogens is 2. The summed E-state index contributed by atoms with van der Waals surface area (Å²) in [6, 6.07) is 11.6. The van der Waals surface area contributed by atoms with Crippen LogP contribution in [0.5, 0.6) is 5.88 Å². The quantitative estimate of drug-likeness (QED) is 0.799. The summed E-state index contributed by atoms with van der Waals surface area (Å²) < 4.78 is 11.2. The Morgan fingerprint density at radius 1 is 1.29 bits per heavy atom. The van der Waals surface area contributed by atoms with Gasteiger partial charge in [-0.2, -0.15) is 4.98 Å². The molecule has 0 aliphatic carbocycles. The number of carbonyl (C=O) groups excluding carboxylic acids is 1. The van der Waals surface area contributed by atoms with E-state index in [0.29, 0.717) is 31.4 Å². The minimum atomic E-state index is -0.488. The fraction of sp³-hybridized carbons (Fsp3) is 0.353. The van der Waals surface area contributed by atoms with Crippen LogP contribution in [0.1, 0.15) is 18.4 Å². The molecule has 0 bridgehead atoms. The number of rotatable bonds is 7. The Morgan fingerprint density at radius 3 is 2.88 bits per heavy atom. The molecule has 0 unspecified atom stereocenters. The van der Waals surface area contributed by atoms with Gasteiger partial charge in [0.05, 0.1) is 6.10 Å². The lowest BCUT2D eigenvalue weighted by Crippen LogP contribution is -2.30. The summed E-state index contributed by atoms with van der Waals surface area (Å²) in [7, 11) is 0. The zero-order chi connectivity index (χ0) is 16.8. The topological polar surface area (TPSA) is 99.4 Å². The fourth-order valence-corrected chi connectivity index (χ4v) is 2.51. The molecular formula is C17H20N4O3. The number of nitrogens with zero attached hydrogens (tertiary/aromatic N) is 2. The summed E-state index contributed by atoms with van der Waals surface area (Å²) in [5.74, 6) is 0.551. The van der Waals surface area contributed by atoms with E-state index in [-0.39, 0.29) is 6.10 Å². The van der Waals surface area contributed by atoms with E-state index >= 15 is 0 Å². The van der Waals surface area contributed by atoms with Crippen molar-refractivity contribution in [1.29, 1.82) is 0 Å². The van der Waals surface area contributed by atoms with Crippen LogP contribution in [0, 0.1) is 0 Å². The number of primary amides is 1. The Morgan fingerprint density at radius 2 is 2.12 bits per heavy atom. The average molecular weight is 328 g/mol. The largest absolute Gasteiger partial charge is 0.473 e. The lowest BCUT2D eigenvalue weighted by atomic mass is 10.2. The zero-order valence-electron chi connectivity index (χ0n) is 13.2. The fourth-order valence-electron chi connectivity index (χ4n) is 2.51. The van der Waals surface area contributed by atoms with Gasteiger partial charge < -0.3 is 20.5 Å². The molecule has 7 heteroatoms. The first-order chi connectivity index (χ1) is 11.7. The molecular weight excluding hydrogens is 308 g/mol. The van der Waals surface area contributed by atoms with Gasteiger partial charge in [-0.25, -0.2) is 4.98 Å². The van der Waals surface area contributed by atoms with Gasteiger partial charge in [0.2, 0.25) is 17.7 Å². The third kappa shape index (κ3) is 4.42. The van der Waals surface area contributed by atoms with Gasteiger partial charge in [-0.3, -0.25) is 4.79 Å². The maximum Gasteiger partial charge on any atom is 0.246 e. The predicted molar refractivity (Wildman–Crippen MR) is 88.4 cm³/mol. The molecule has 0 spiro atoms. The third-order valence-corrected chi connectivity index (χ3v) is 3.77. The smallest absolute Gasteiger partial charge is 0.246 e. The minimum absolute atomic E-state index is 0.0695. The van der Waals surface area contributed by atoms with Crippen LogP contribution in [-0.2, 0) is 16.1 Å². The molecule has 1 aromatic heterocycles. The van der Waals surface area contributed by atoms with E-state index < -0.39 is 12.0 Å². The molecule has 1 saturated heterocycles. The first-order valence-electron chi connectivity index (χ1n) is 7.89. The molecule has 1 aromatic carbocycles. The van der Waals surface area contributed by atoms with E-state index in [2.05, 4.69) is 15.3 Å². The van der Waals surface area contributed by atoms with Gasteiger partial charge >= 0.3 is 0 Å². The third-order valence-electron chi connectivity index (χ3n) is 3.77. The molecule has 3 N–H and O–H groups in total. The second kappa shape index (κ2) is 7.74. The molecule has 0 saturated carbocycles. The molecule has 3 rings (SSSR count). The monoisotopic (exact) mass is 328 g/mol. The maximum atomic E-state index is 11.1. The number of hydrogen-bond acceptors (Lipinski definition) is 6. The van der Waals surface area contributed by atoms with Crippen molar-refractivity contribution in [2.45, 2.75) is 31.7 Å². The van der Waals surface area contributed by atoms with Crippen molar-refractivity contribution >= 4 is 11.9 Å². The number of nitrogens with one attached hydrogen (secondary N) is 1. The lowest BCUT2D eigenvalue weighted by molar-refractivity contribution is -0.128. The van der Waals surface area contributed by atoms with E-state index in [1.807, 2.05) is 30.3 Å². The number of anilines is 1. The number of hydrogen-bond donors (Lipinski definition) is 2. The summed E-state index contributed by atoms with van der Waals surface area (Å²) in [5, 5.41) is 3.11. The highest BCUT2D eigenvalue weighted by molar-refractivity contribution is 5.79. The van der Waals surface area contributed by atoms with E-state index in [1.54, 1.807) is 12.3 Å². The van der Waals surface area contributed by atoms with E-state index in [1.165, 1.54) is 0 Å². The molecule has 1 amide bonds.